The first-order valence-corrected chi connectivity index (χ1v) is 23.4. The first-order chi connectivity index (χ1) is 33.7. The minimum Gasteiger partial charge on any atom is -0.310 e. The molecule has 0 amide bonds. The van der Waals surface area contributed by atoms with E-state index in [0.717, 1.165) is 22.7 Å². The fourth-order valence-electron chi connectivity index (χ4n) is 10.6. The van der Waals surface area contributed by atoms with Crippen LogP contribution in [-0.4, -0.2) is 4.57 Å². The molecule has 2 nitrogen and oxygen atoms in total. The zero-order chi connectivity index (χ0) is 45.0. The average Bonchev–Trinajstić information content (AvgIpc) is 3.92. The van der Waals surface area contributed by atoms with Crippen LogP contribution in [0.2, 0.25) is 0 Å². The van der Waals surface area contributed by atoms with Crippen molar-refractivity contribution in [3.05, 3.63) is 289 Å². The topological polar surface area (TPSA) is 8.17 Å². The van der Waals surface area contributed by atoms with Gasteiger partial charge in [0.25, 0.3) is 0 Å². The normalized spacial score (nSPS) is 11.8. The predicted octanol–water partition coefficient (Wildman–Crippen LogP) is 17.7. The minimum absolute atomic E-state index is 1.09. The average molecular weight is 865 g/mol. The van der Waals surface area contributed by atoms with Gasteiger partial charge in [-0.05, 0) is 144 Å². The predicted molar refractivity (Wildman–Crippen MR) is 287 cm³/mol. The van der Waals surface area contributed by atoms with Gasteiger partial charge in [0.2, 0.25) is 0 Å². The number of anilines is 3. The lowest BCUT2D eigenvalue weighted by atomic mass is 9.88. The molecule has 1 aliphatic rings. The number of fused-ring (bicyclic) bond motifs is 7. The van der Waals surface area contributed by atoms with Crippen LogP contribution in [0.5, 0.6) is 0 Å². The number of aromatic nitrogens is 1. The van der Waals surface area contributed by atoms with E-state index in [9.17, 15) is 0 Å². The van der Waals surface area contributed by atoms with Gasteiger partial charge in [0.1, 0.15) is 0 Å². The highest BCUT2D eigenvalue weighted by Gasteiger charge is 2.29. The second-order valence-electron chi connectivity index (χ2n) is 17.7. The lowest BCUT2D eigenvalue weighted by Crippen LogP contribution is -2.10. The highest BCUT2D eigenvalue weighted by Crippen LogP contribution is 2.51. The Balaban J connectivity index is 0.934. The monoisotopic (exact) mass is 864 g/mol. The number of para-hydroxylation sites is 1. The number of nitrogens with zero attached hydrogens (tertiary/aromatic N) is 2. The lowest BCUT2D eigenvalue weighted by molar-refractivity contribution is 1.18. The van der Waals surface area contributed by atoms with Crippen LogP contribution in [0, 0.1) is 0 Å². The molecule has 0 fully saturated rings. The van der Waals surface area contributed by atoms with Crippen molar-refractivity contribution in [1.29, 1.82) is 0 Å². The Labute approximate surface area is 396 Å². The number of hydrogen-bond donors (Lipinski definition) is 0. The summed E-state index contributed by atoms with van der Waals surface area (Å²) in [6.07, 6.45) is 0. The summed E-state index contributed by atoms with van der Waals surface area (Å²) in [5, 5.41) is 4.90. The van der Waals surface area contributed by atoms with Crippen molar-refractivity contribution in [1.82, 2.24) is 4.57 Å². The molecule has 1 aliphatic carbocycles. The number of benzene rings is 11. The summed E-state index contributed by atoms with van der Waals surface area (Å²) in [5.74, 6) is 0. The van der Waals surface area contributed by atoms with Crippen LogP contribution in [0.15, 0.2) is 267 Å². The Bertz CT molecular complexity index is 3820. The smallest absolute Gasteiger partial charge is 0.0541 e. The second-order valence-corrected chi connectivity index (χ2v) is 17.7. The van der Waals surface area contributed by atoms with E-state index in [2.05, 4.69) is 276 Å². The van der Waals surface area contributed by atoms with E-state index < -0.39 is 0 Å². The van der Waals surface area contributed by atoms with E-state index in [0.29, 0.717) is 0 Å². The third-order valence-electron chi connectivity index (χ3n) is 13.7. The Kier molecular flexibility index (Phi) is 9.54. The summed E-state index contributed by atoms with van der Waals surface area (Å²) in [5.41, 5.74) is 21.5. The van der Waals surface area contributed by atoms with E-state index in [1.54, 1.807) is 0 Å². The zero-order valence-electron chi connectivity index (χ0n) is 37.3. The molecule has 11 aromatic carbocycles. The summed E-state index contributed by atoms with van der Waals surface area (Å²) >= 11 is 0. The maximum Gasteiger partial charge on any atom is 0.0541 e. The van der Waals surface area contributed by atoms with Crippen LogP contribution >= 0.6 is 0 Å². The quantitative estimate of drug-likeness (QED) is 0.148. The van der Waals surface area contributed by atoms with Gasteiger partial charge < -0.3 is 9.47 Å². The van der Waals surface area contributed by atoms with Gasteiger partial charge in [-0.25, -0.2) is 0 Å². The van der Waals surface area contributed by atoms with E-state index in [1.165, 1.54) is 99.4 Å². The maximum atomic E-state index is 2.42. The van der Waals surface area contributed by atoms with Crippen molar-refractivity contribution in [2.45, 2.75) is 0 Å². The van der Waals surface area contributed by atoms with Crippen LogP contribution in [0.25, 0.3) is 82.8 Å². The molecule has 318 valence electrons. The van der Waals surface area contributed by atoms with Gasteiger partial charge in [-0.15, -0.1) is 0 Å². The van der Waals surface area contributed by atoms with Crippen LogP contribution in [-0.2, 0) is 0 Å². The van der Waals surface area contributed by atoms with Crippen LogP contribution in [0.3, 0.4) is 0 Å². The molecule has 0 N–H and O–H groups in total. The van der Waals surface area contributed by atoms with E-state index in [-0.39, 0.29) is 0 Å². The van der Waals surface area contributed by atoms with Crippen molar-refractivity contribution in [2.24, 2.45) is 0 Å². The summed E-state index contributed by atoms with van der Waals surface area (Å²) in [4.78, 5) is 2.42. The SMILES string of the molecule is c1ccc(C(=C2c3ccccc3-c3ccc(N(c4ccc(-c5ccc6c(c5)c5ccccc5n6-c5ccc(-c6ccccc6)cc5)cc4)c4ccc5ccccc5c4)cc32)c2ccccc2)cc1. The first-order valence-electron chi connectivity index (χ1n) is 23.4. The van der Waals surface area contributed by atoms with Crippen LogP contribution in [0.4, 0.5) is 17.1 Å². The fourth-order valence-corrected chi connectivity index (χ4v) is 10.6. The Hall–Kier alpha value is -8.98. The molecule has 13 rings (SSSR count). The van der Waals surface area contributed by atoms with Crippen LogP contribution < -0.4 is 4.90 Å². The van der Waals surface area contributed by atoms with Gasteiger partial charge in [-0.2, -0.15) is 0 Å². The Morgan fingerprint density at radius 3 is 1.56 bits per heavy atom. The molecule has 0 aliphatic heterocycles. The van der Waals surface area contributed by atoms with E-state index in [1.807, 2.05) is 0 Å². The number of hydrogen-bond acceptors (Lipinski definition) is 1. The highest BCUT2D eigenvalue weighted by molar-refractivity contribution is 6.14. The third kappa shape index (κ3) is 6.73. The van der Waals surface area contributed by atoms with Gasteiger partial charge in [0.15, 0.2) is 0 Å². The molecule has 0 saturated carbocycles. The van der Waals surface area contributed by atoms with Gasteiger partial charge in [0, 0.05) is 33.5 Å². The summed E-state index contributed by atoms with van der Waals surface area (Å²) in [6, 6.07) is 97.5. The third-order valence-corrected chi connectivity index (χ3v) is 13.7. The molecule has 0 unspecified atom stereocenters. The van der Waals surface area contributed by atoms with Crippen molar-refractivity contribution in [2.75, 3.05) is 4.90 Å². The molecule has 68 heavy (non-hydrogen) atoms. The Morgan fingerprint density at radius 2 is 0.809 bits per heavy atom. The molecule has 1 heterocycles. The van der Waals surface area contributed by atoms with E-state index in [4.69, 9.17) is 0 Å². The molecule has 1 aromatic heterocycles. The van der Waals surface area contributed by atoms with Crippen molar-refractivity contribution >= 4 is 60.8 Å². The lowest BCUT2D eigenvalue weighted by Gasteiger charge is -2.27. The zero-order valence-corrected chi connectivity index (χ0v) is 37.3. The summed E-state index contributed by atoms with van der Waals surface area (Å²) in [6.45, 7) is 0. The maximum absolute atomic E-state index is 2.42. The number of rotatable bonds is 8. The molecule has 0 saturated heterocycles. The minimum atomic E-state index is 1.09. The van der Waals surface area contributed by atoms with Gasteiger partial charge in [-0.3, -0.25) is 0 Å². The summed E-state index contributed by atoms with van der Waals surface area (Å²) < 4.78 is 2.39. The summed E-state index contributed by atoms with van der Waals surface area (Å²) in [7, 11) is 0. The Morgan fingerprint density at radius 1 is 0.294 bits per heavy atom. The highest BCUT2D eigenvalue weighted by atomic mass is 15.1. The van der Waals surface area contributed by atoms with Crippen molar-refractivity contribution < 1.29 is 0 Å². The molecule has 0 bridgehead atoms. The standard InChI is InChI=1S/C66H44N2/c1-4-16-45(17-5-1)47-28-36-54(37-29-47)68-63-27-15-14-25-59(63)61-43-52(33-41-64(61)68)48-30-34-53(35-31-48)67(55-38-32-46-18-10-11-23-51(46)42-55)56-39-40-58-57-24-12-13-26-60(57)66(62(58)44-56)65(49-19-6-2-7-20-49)50-21-8-3-9-22-50/h1-44H. The van der Waals surface area contributed by atoms with Gasteiger partial charge in [-0.1, -0.05) is 200 Å². The largest absolute Gasteiger partial charge is 0.310 e. The molecule has 0 atom stereocenters. The second kappa shape index (κ2) is 16.5. The van der Waals surface area contributed by atoms with Gasteiger partial charge >= 0.3 is 0 Å². The van der Waals surface area contributed by atoms with Crippen molar-refractivity contribution in [3.63, 3.8) is 0 Å². The van der Waals surface area contributed by atoms with Gasteiger partial charge in [0.05, 0.1) is 11.0 Å². The molecule has 12 aromatic rings. The van der Waals surface area contributed by atoms with E-state index >= 15 is 0 Å². The fraction of sp³-hybridized carbons (Fsp3) is 0. The van der Waals surface area contributed by atoms with Crippen LogP contribution in [0.1, 0.15) is 22.3 Å². The molecule has 0 spiro atoms. The first kappa shape index (κ1) is 39.4. The van der Waals surface area contributed by atoms with Crippen molar-refractivity contribution in [3.8, 4) is 39.1 Å². The molecular formula is C66H44N2. The molecule has 0 radical (unpaired) electrons. The molecular weight excluding hydrogens is 821 g/mol. The molecule has 2 heteroatoms.